The first-order valence-electron chi connectivity index (χ1n) is 8.36. The average molecular weight is 369 g/mol. The highest BCUT2D eigenvalue weighted by molar-refractivity contribution is 5.82. The lowest BCUT2D eigenvalue weighted by atomic mass is 10.1. The van der Waals surface area contributed by atoms with E-state index in [0.29, 0.717) is 17.9 Å². The number of nitrogens with zero attached hydrogens (tertiary/aromatic N) is 4. The first-order valence-corrected chi connectivity index (χ1v) is 8.36. The first-order chi connectivity index (χ1) is 12.9. The van der Waals surface area contributed by atoms with Crippen molar-refractivity contribution in [2.75, 3.05) is 5.32 Å². The third-order valence-electron chi connectivity index (χ3n) is 4.06. The maximum atomic E-state index is 12.0. The van der Waals surface area contributed by atoms with Crippen LogP contribution in [0.4, 0.5) is 10.7 Å². The van der Waals surface area contributed by atoms with Crippen LogP contribution < -0.4 is 5.32 Å². The molecule has 2 N–H and O–H groups in total. The minimum absolute atomic E-state index is 0.000479. The zero-order valence-electron chi connectivity index (χ0n) is 15.0. The highest BCUT2D eigenvalue weighted by atomic mass is 16.5. The van der Waals surface area contributed by atoms with Gasteiger partial charge in [0.25, 0.3) is 11.7 Å². The van der Waals surface area contributed by atoms with Crippen LogP contribution in [0.5, 0.6) is 0 Å². The predicted molar refractivity (Wildman–Crippen MR) is 96.5 cm³/mol. The molecule has 0 radical (unpaired) electrons. The summed E-state index contributed by atoms with van der Waals surface area (Å²) in [6.45, 7) is 3.74. The van der Waals surface area contributed by atoms with Crippen LogP contribution in [0.1, 0.15) is 28.9 Å². The van der Waals surface area contributed by atoms with E-state index >= 15 is 0 Å². The standard InChI is InChI=1S/C18H19N5O4/c1-11-14(8-9-15(24)25)12(2)23-17(19-11)20-16(22-23)21-18(26)27-10-13-6-4-3-5-7-13/h3-7H,8-10H2,1-2H3,(H,24,25)(H,21,22,26). The van der Waals surface area contributed by atoms with E-state index in [2.05, 4.69) is 20.4 Å². The van der Waals surface area contributed by atoms with Crippen LogP contribution in [0, 0.1) is 13.8 Å². The summed E-state index contributed by atoms with van der Waals surface area (Å²) in [5.74, 6) is -0.489. The van der Waals surface area contributed by atoms with Gasteiger partial charge in [0.1, 0.15) is 6.61 Å². The second-order valence-corrected chi connectivity index (χ2v) is 5.99. The largest absolute Gasteiger partial charge is 0.481 e. The molecule has 0 atom stereocenters. The van der Waals surface area contributed by atoms with E-state index in [1.54, 1.807) is 6.92 Å². The molecular formula is C18H19N5O4. The van der Waals surface area contributed by atoms with Crippen molar-refractivity contribution < 1.29 is 19.4 Å². The third kappa shape index (κ3) is 4.38. The van der Waals surface area contributed by atoms with Gasteiger partial charge in [0.2, 0.25) is 0 Å². The van der Waals surface area contributed by atoms with Gasteiger partial charge in [-0.05, 0) is 31.4 Å². The minimum Gasteiger partial charge on any atom is -0.481 e. The summed E-state index contributed by atoms with van der Waals surface area (Å²) >= 11 is 0. The molecule has 0 fully saturated rings. The number of carbonyl (C=O) groups is 2. The molecule has 0 bridgehead atoms. The van der Waals surface area contributed by atoms with Crippen LogP contribution in [-0.4, -0.2) is 36.8 Å². The molecule has 0 aliphatic rings. The minimum atomic E-state index is -0.879. The zero-order valence-corrected chi connectivity index (χ0v) is 15.0. The molecule has 0 saturated carbocycles. The summed E-state index contributed by atoms with van der Waals surface area (Å²) in [5.41, 5.74) is 3.09. The monoisotopic (exact) mass is 369 g/mol. The van der Waals surface area contributed by atoms with Gasteiger partial charge < -0.3 is 9.84 Å². The molecular weight excluding hydrogens is 350 g/mol. The number of aliphatic carboxylic acids is 1. The molecule has 9 heteroatoms. The summed E-state index contributed by atoms with van der Waals surface area (Å²) in [6.07, 6.45) is -0.326. The lowest BCUT2D eigenvalue weighted by Crippen LogP contribution is -2.14. The number of amides is 1. The van der Waals surface area contributed by atoms with Gasteiger partial charge in [-0.3, -0.25) is 10.1 Å². The summed E-state index contributed by atoms with van der Waals surface area (Å²) in [6, 6.07) is 9.31. The molecule has 2 aromatic heterocycles. The molecule has 2 heterocycles. The van der Waals surface area contributed by atoms with E-state index in [1.807, 2.05) is 37.3 Å². The quantitative estimate of drug-likeness (QED) is 0.685. The van der Waals surface area contributed by atoms with Gasteiger partial charge in [0.05, 0.1) is 0 Å². The van der Waals surface area contributed by atoms with Crippen LogP contribution in [0.3, 0.4) is 0 Å². The Labute approximate surface area is 155 Å². The fraction of sp³-hybridized carbons (Fsp3) is 0.278. The molecule has 3 rings (SSSR count). The number of nitrogens with one attached hydrogen (secondary N) is 1. The molecule has 1 amide bonds. The summed E-state index contributed by atoms with van der Waals surface area (Å²) in [7, 11) is 0. The smallest absolute Gasteiger partial charge is 0.414 e. The summed E-state index contributed by atoms with van der Waals surface area (Å²) in [5, 5.41) is 15.6. The number of benzene rings is 1. The van der Waals surface area contributed by atoms with E-state index in [0.717, 1.165) is 16.8 Å². The van der Waals surface area contributed by atoms with Gasteiger partial charge in [-0.2, -0.15) is 9.50 Å². The van der Waals surface area contributed by atoms with Crippen molar-refractivity contribution in [2.45, 2.75) is 33.3 Å². The normalized spacial score (nSPS) is 10.7. The van der Waals surface area contributed by atoms with Crippen molar-refractivity contribution in [2.24, 2.45) is 0 Å². The van der Waals surface area contributed by atoms with Crippen LogP contribution in [0.2, 0.25) is 0 Å². The SMILES string of the molecule is Cc1nc2nc(NC(=O)OCc3ccccc3)nn2c(C)c1CCC(=O)O. The predicted octanol–water partition coefficient (Wildman–Crippen LogP) is 2.51. The number of rotatable bonds is 6. The van der Waals surface area contributed by atoms with Crippen molar-refractivity contribution in [3.05, 3.63) is 52.8 Å². The molecule has 1 aromatic carbocycles. The lowest BCUT2D eigenvalue weighted by molar-refractivity contribution is -0.136. The molecule has 3 aromatic rings. The number of aromatic nitrogens is 4. The molecule has 0 spiro atoms. The van der Waals surface area contributed by atoms with E-state index in [-0.39, 0.29) is 19.0 Å². The number of fused-ring (bicyclic) bond motifs is 1. The Kier molecular flexibility index (Phi) is 5.30. The number of carbonyl (C=O) groups excluding carboxylic acids is 1. The second-order valence-electron chi connectivity index (χ2n) is 5.99. The van der Waals surface area contributed by atoms with Crippen molar-refractivity contribution in [3.63, 3.8) is 0 Å². The summed E-state index contributed by atoms with van der Waals surface area (Å²) < 4.78 is 6.63. The van der Waals surface area contributed by atoms with Gasteiger partial charge in [-0.25, -0.2) is 9.78 Å². The van der Waals surface area contributed by atoms with E-state index in [4.69, 9.17) is 9.84 Å². The number of anilines is 1. The summed E-state index contributed by atoms with van der Waals surface area (Å²) in [4.78, 5) is 31.3. The maximum absolute atomic E-state index is 12.0. The maximum Gasteiger partial charge on any atom is 0.414 e. The second kappa shape index (κ2) is 7.81. The molecule has 0 aliphatic heterocycles. The van der Waals surface area contributed by atoms with Crippen molar-refractivity contribution in [1.29, 1.82) is 0 Å². The number of carboxylic acid groups (broad SMARTS) is 1. The van der Waals surface area contributed by atoms with Crippen molar-refractivity contribution in [1.82, 2.24) is 19.6 Å². The Morgan fingerprint density at radius 1 is 1.19 bits per heavy atom. The number of ether oxygens (including phenoxy) is 1. The van der Waals surface area contributed by atoms with Crippen LogP contribution >= 0.6 is 0 Å². The lowest BCUT2D eigenvalue weighted by Gasteiger charge is -2.08. The Balaban J connectivity index is 1.73. The van der Waals surface area contributed by atoms with Crippen LogP contribution in [0.15, 0.2) is 30.3 Å². The van der Waals surface area contributed by atoms with Gasteiger partial charge in [-0.15, -0.1) is 5.10 Å². The Morgan fingerprint density at radius 3 is 2.63 bits per heavy atom. The molecule has 0 saturated heterocycles. The molecule has 0 unspecified atom stereocenters. The molecule has 140 valence electrons. The number of aryl methyl sites for hydroxylation is 2. The fourth-order valence-electron chi connectivity index (χ4n) is 2.71. The molecule has 0 aliphatic carbocycles. The van der Waals surface area contributed by atoms with Crippen LogP contribution in [0.25, 0.3) is 5.78 Å². The molecule has 27 heavy (non-hydrogen) atoms. The number of hydrogen-bond acceptors (Lipinski definition) is 6. The van der Waals surface area contributed by atoms with Crippen molar-refractivity contribution >= 4 is 23.8 Å². The average Bonchev–Trinajstić information content (AvgIpc) is 3.03. The Morgan fingerprint density at radius 2 is 1.93 bits per heavy atom. The van der Waals surface area contributed by atoms with E-state index in [9.17, 15) is 9.59 Å². The Bertz CT molecular complexity index is 984. The van der Waals surface area contributed by atoms with Gasteiger partial charge >= 0.3 is 12.1 Å². The van der Waals surface area contributed by atoms with Gasteiger partial charge in [0.15, 0.2) is 0 Å². The third-order valence-corrected chi connectivity index (χ3v) is 4.06. The van der Waals surface area contributed by atoms with E-state index in [1.165, 1.54) is 4.52 Å². The highest BCUT2D eigenvalue weighted by Crippen LogP contribution is 2.16. The van der Waals surface area contributed by atoms with Gasteiger partial charge in [0, 0.05) is 17.8 Å². The van der Waals surface area contributed by atoms with Crippen molar-refractivity contribution in [3.8, 4) is 0 Å². The first kappa shape index (κ1) is 18.3. The molecule has 9 nitrogen and oxygen atoms in total. The fourth-order valence-corrected chi connectivity index (χ4v) is 2.71. The Hall–Kier alpha value is -3.49. The number of hydrogen-bond donors (Lipinski definition) is 2. The van der Waals surface area contributed by atoms with Crippen LogP contribution in [-0.2, 0) is 22.6 Å². The highest BCUT2D eigenvalue weighted by Gasteiger charge is 2.16. The zero-order chi connectivity index (χ0) is 19.4. The van der Waals surface area contributed by atoms with Gasteiger partial charge in [-0.1, -0.05) is 30.3 Å². The van der Waals surface area contributed by atoms with E-state index < -0.39 is 12.1 Å². The topological polar surface area (TPSA) is 119 Å². The number of carboxylic acids is 1.